The summed E-state index contributed by atoms with van der Waals surface area (Å²) < 4.78 is 0. The minimum atomic E-state index is 0.0226. The van der Waals surface area contributed by atoms with Gasteiger partial charge >= 0.3 is 0 Å². The number of hydrogen-bond donors (Lipinski definition) is 1. The molecule has 1 N–H and O–H groups in total. The highest BCUT2D eigenvalue weighted by molar-refractivity contribution is 5.78. The van der Waals surface area contributed by atoms with Gasteiger partial charge in [0.05, 0.1) is 13.0 Å². The van der Waals surface area contributed by atoms with Crippen molar-refractivity contribution < 1.29 is 4.79 Å². The van der Waals surface area contributed by atoms with Gasteiger partial charge in [0.1, 0.15) is 12.2 Å². The van der Waals surface area contributed by atoms with Gasteiger partial charge in [0.25, 0.3) is 0 Å². The predicted molar refractivity (Wildman–Crippen MR) is 60.8 cm³/mol. The van der Waals surface area contributed by atoms with E-state index in [0.29, 0.717) is 18.8 Å². The van der Waals surface area contributed by atoms with Gasteiger partial charge < -0.3 is 4.90 Å². The van der Waals surface area contributed by atoms with E-state index in [1.165, 1.54) is 6.33 Å². The molecule has 2 heterocycles. The van der Waals surface area contributed by atoms with Crippen molar-refractivity contribution in [1.29, 1.82) is 0 Å². The van der Waals surface area contributed by atoms with Crippen molar-refractivity contribution >= 4 is 5.91 Å². The van der Waals surface area contributed by atoms with Crippen LogP contribution < -0.4 is 0 Å². The van der Waals surface area contributed by atoms with E-state index >= 15 is 0 Å². The Morgan fingerprint density at radius 3 is 3.06 bits per heavy atom. The van der Waals surface area contributed by atoms with Crippen molar-refractivity contribution in [3.8, 4) is 0 Å². The summed E-state index contributed by atoms with van der Waals surface area (Å²) in [5.74, 6) is 0.696. The summed E-state index contributed by atoms with van der Waals surface area (Å²) in [6.45, 7) is 0.430. The van der Waals surface area contributed by atoms with E-state index in [1.807, 2.05) is 12.1 Å². The summed E-state index contributed by atoms with van der Waals surface area (Å²) in [6.07, 6.45) is 5.15. The molecule has 0 unspecified atom stereocenters. The number of H-pyrrole nitrogens is 1. The Morgan fingerprint density at radius 2 is 2.41 bits per heavy atom. The van der Waals surface area contributed by atoms with Gasteiger partial charge in [-0.15, -0.1) is 0 Å². The molecule has 0 aromatic carbocycles. The fourth-order valence-electron chi connectivity index (χ4n) is 1.43. The van der Waals surface area contributed by atoms with Crippen LogP contribution in [0.3, 0.4) is 0 Å². The van der Waals surface area contributed by atoms with E-state index in [9.17, 15) is 4.79 Å². The molecule has 0 aliphatic carbocycles. The molecule has 0 radical (unpaired) electrons. The summed E-state index contributed by atoms with van der Waals surface area (Å²) in [4.78, 5) is 21.4. The maximum absolute atomic E-state index is 11.9. The number of rotatable bonds is 4. The topological polar surface area (TPSA) is 74.8 Å². The molecule has 0 aliphatic heterocycles. The van der Waals surface area contributed by atoms with Crippen LogP contribution in [0.4, 0.5) is 0 Å². The lowest BCUT2D eigenvalue weighted by molar-refractivity contribution is -0.129. The van der Waals surface area contributed by atoms with Gasteiger partial charge in [0.2, 0.25) is 5.91 Å². The molecular formula is C11H13N5O. The van der Waals surface area contributed by atoms with E-state index in [1.54, 1.807) is 24.3 Å². The molecule has 6 nitrogen and oxygen atoms in total. The van der Waals surface area contributed by atoms with Gasteiger partial charge in [-0.25, -0.2) is 4.98 Å². The lowest BCUT2D eigenvalue weighted by Crippen LogP contribution is -2.28. The Kier molecular flexibility index (Phi) is 3.44. The number of pyridine rings is 1. The average Bonchev–Trinajstić information content (AvgIpc) is 2.83. The van der Waals surface area contributed by atoms with Crippen molar-refractivity contribution in [2.75, 3.05) is 7.05 Å². The lowest BCUT2D eigenvalue weighted by atomic mass is 10.2. The van der Waals surface area contributed by atoms with Crippen molar-refractivity contribution in [1.82, 2.24) is 25.1 Å². The largest absolute Gasteiger partial charge is 0.338 e. The first-order valence-corrected chi connectivity index (χ1v) is 5.23. The van der Waals surface area contributed by atoms with Gasteiger partial charge in [-0.2, -0.15) is 5.10 Å². The third-order valence-corrected chi connectivity index (χ3v) is 2.36. The zero-order chi connectivity index (χ0) is 12.1. The van der Waals surface area contributed by atoms with Crippen LogP contribution in [-0.2, 0) is 17.8 Å². The fourth-order valence-corrected chi connectivity index (χ4v) is 1.43. The van der Waals surface area contributed by atoms with E-state index < -0.39 is 0 Å². The molecule has 0 aliphatic rings. The number of aromatic nitrogens is 4. The van der Waals surface area contributed by atoms with Gasteiger partial charge in [0, 0.05) is 19.4 Å². The number of likely N-dealkylation sites (N-methyl/N-ethyl adjacent to an activating group) is 1. The van der Waals surface area contributed by atoms with Crippen LogP contribution in [-0.4, -0.2) is 38.0 Å². The standard InChI is InChI=1S/C11H13N5O/c1-16(7-10-13-8-14-15-10)11(17)5-9-3-2-4-12-6-9/h2-4,6,8H,5,7H2,1H3,(H,13,14,15). The summed E-state index contributed by atoms with van der Waals surface area (Å²) in [5, 5.41) is 6.45. The molecule has 0 fully saturated rings. The Balaban J connectivity index is 1.92. The first-order valence-electron chi connectivity index (χ1n) is 5.23. The van der Waals surface area contributed by atoms with E-state index in [-0.39, 0.29) is 5.91 Å². The third kappa shape index (κ3) is 3.10. The summed E-state index contributed by atoms with van der Waals surface area (Å²) in [7, 11) is 1.74. The average molecular weight is 231 g/mol. The molecule has 0 saturated heterocycles. The van der Waals surface area contributed by atoms with Crippen molar-refractivity contribution in [2.24, 2.45) is 0 Å². The first kappa shape index (κ1) is 11.3. The summed E-state index contributed by atoms with van der Waals surface area (Å²) >= 11 is 0. The molecule has 0 saturated carbocycles. The van der Waals surface area contributed by atoms with Crippen molar-refractivity contribution in [2.45, 2.75) is 13.0 Å². The number of carbonyl (C=O) groups excluding carboxylic acids is 1. The second kappa shape index (κ2) is 5.20. The lowest BCUT2D eigenvalue weighted by Gasteiger charge is -2.15. The molecule has 2 rings (SSSR count). The van der Waals surface area contributed by atoms with Crippen LogP contribution in [0.1, 0.15) is 11.4 Å². The van der Waals surface area contributed by atoms with Crippen LogP contribution in [0.5, 0.6) is 0 Å². The normalized spacial score (nSPS) is 10.2. The third-order valence-electron chi connectivity index (χ3n) is 2.36. The number of hydrogen-bond acceptors (Lipinski definition) is 4. The van der Waals surface area contributed by atoms with E-state index in [4.69, 9.17) is 0 Å². The van der Waals surface area contributed by atoms with Crippen LogP contribution in [0.15, 0.2) is 30.9 Å². The molecule has 6 heteroatoms. The number of carbonyl (C=O) groups is 1. The fraction of sp³-hybridized carbons (Fsp3) is 0.273. The highest BCUT2D eigenvalue weighted by atomic mass is 16.2. The quantitative estimate of drug-likeness (QED) is 0.826. The van der Waals surface area contributed by atoms with E-state index in [0.717, 1.165) is 5.56 Å². The van der Waals surface area contributed by atoms with Crippen LogP contribution in [0, 0.1) is 0 Å². The zero-order valence-corrected chi connectivity index (χ0v) is 9.50. The smallest absolute Gasteiger partial charge is 0.227 e. The first-order chi connectivity index (χ1) is 8.25. The maximum atomic E-state index is 11.9. The van der Waals surface area contributed by atoms with Gasteiger partial charge in [-0.3, -0.25) is 14.9 Å². The molecule has 0 atom stereocenters. The van der Waals surface area contributed by atoms with Crippen molar-refractivity contribution in [3.63, 3.8) is 0 Å². The molecule has 88 valence electrons. The summed E-state index contributed by atoms with van der Waals surface area (Å²) in [5.41, 5.74) is 0.905. The molecule has 0 spiro atoms. The number of nitrogens with zero attached hydrogens (tertiary/aromatic N) is 4. The molecular weight excluding hydrogens is 218 g/mol. The van der Waals surface area contributed by atoms with Gasteiger partial charge in [-0.1, -0.05) is 6.07 Å². The number of amides is 1. The molecule has 17 heavy (non-hydrogen) atoms. The second-order valence-corrected chi connectivity index (χ2v) is 3.72. The zero-order valence-electron chi connectivity index (χ0n) is 9.50. The monoisotopic (exact) mass is 231 g/mol. The highest BCUT2D eigenvalue weighted by Crippen LogP contribution is 2.02. The predicted octanol–water partition coefficient (Wildman–Crippen LogP) is 0.401. The van der Waals surface area contributed by atoms with Crippen LogP contribution in [0.2, 0.25) is 0 Å². The Bertz CT molecular complexity index is 468. The Morgan fingerprint density at radius 1 is 1.53 bits per heavy atom. The summed E-state index contributed by atoms with van der Waals surface area (Å²) in [6, 6.07) is 3.70. The molecule has 2 aromatic heterocycles. The number of aromatic amines is 1. The van der Waals surface area contributed by atoms with Crippen LogP contribution >= 0.6 is 0 Å². The molecule has 0 bridgehead atoms. The minimum absolute atomic E-state index is 0.0226. The van der Waals surface area contributed by atoms with Gasteiger partial charge in [0.15, 0.2) is 0 Å². The minimum Gasteiger partial charge on any atom is -0.338 e. The maximum Gasteiger partial charge on any atom is 0.227 e. The second-order valence-electron chi connectivity index (χ2n) is 3.72. The highest BCUT2D eigenvalue weighted by Gasteiger charge is 2.11. The Hall–Kier alpha value is -2.24. The number of nitrogens with one attached hydrogen (secondary N) is 1. The van der Waals surface area contributed by atoms with E-state index in [2.05, 4.69) is 20.2 Å². The van der Waals surface area contributed by atoms with Crippen LogP contribution in [0.25, 0.3) is 0 Å². The molecule has 2 aromatic rings. The Labute approximate surface area is 98.7 Å². The SMILES string of the molecule is CN(Cc1ncn[nH]1)C(=O)Cc1cccnc1. The van der Waals surface area contributed by atoms with Crippen molar-refractivity contribution in [3.05, 3.63) is 42.2 Å². The van der Waals surface area contributed by atoms with Gasteiger partial charge in [-0.05, 0) is 11.6 Å². The molecule has 1 amide bonds.